The number of nitrogens with zero attached hydrogens (tertiary/aromatic N) is 1. The molecule has 1 aliphatic rings. The summed E-state index contributed by atoms with van der Waals surface area (Å²) in [5.41, 5.74) is 5.34. The molecule has 1 aliphatic heterocycles. The minimum atomic E-state index is 0.725. The highest BCUT2D eigenvalue weighted by molar-refractivity contribution is 5.76. The first-order valence-corrected chi connectivity index (χ1v) is 3.79. The van der Waals surface area contributed by atoms with Gasteiger partial charge in [0.25, 0.3) is 0 Å². The molecule has 58 valence electrons. The van der Waals surface area contributed by atoms with Crippen LogP contribution in [-0.4, -0.2) is 25.6 Å². The number of nitrogens with two attached hydrogens (primary N) is 1. The first-order chi connectivity index (χ1) is 4.93. The molecule has 0 aromatic heterocycles. The van der Waals surface area contributed by atoms with E-state index in [1.807, 2.05) is 0 Å². The summed E-state index contributed by atoms with van der Waals surface area (Å²) in [5, 5.41) is 0. The summed E-state index contributed by atoms with van der Waals surface area (Å²) in [6.45, 7) is 2.49. The van der Waals surface area contributed by atoms with Gasteiger partial charge in [-0.25, -0.2) is 0 Å². The van der Waals surface area contributed by atoms with Gasteiger partial charge in [0, 0.05) is 19.4 Å². The molecule has 3 nitrogen and oxygen atoms in total. The highest BCUT2D eigenvalue weighted by Crippen LogP contribution is 2.01. The summed E-state index contributed by atoms with van der Waals surface area (Å²) in [7, 11) is 0. The average Bonchev–Trinajstić information content (AvgIpc) is 2.03. The largest absolute Gasteiger partial charge is 0.481 e. The molecule has 1 rings (SSSR count). The molecule has 0 fully saturated rings. The molecule has 0 aromatic rings. The number of hydrogen-bond donors (Lipinski definition) is 1. The number of aliphatic imine (C=N–C) groups is 1. The lowest BCUT2D eigenvalue weighted by molar-refractivity contribution is 0.273. The van der Waals surface area contributed by atoms with Gasteiger partial charge >= 0.3 is 0 Å². The maximum Gasteiger partial charge on any atom is 0.183 e. The number of ether oxygens (including phenoxy) is 1. The van der Waals surface area contributed by atoms with Crippen LogP contribution in [0.15, 0.2) is 4.99 Å². The summed E-state index contributed by atoms with van der Waals surface area (Å²) in [6, 6.07) is 0. The summed E-state index contributed by atoms with van der Waals surface area (Å²) in [5.74, 6) is 0.900. The van der Waals surface area contributed by atoms with Gasteiger partial charge in [-0.3, -0.25) is 4.99 Å². The summed E-state index contributed by atoms with van der Waals surface area (Å²) < 4.78 is 5.27. The van der Waals surface area contributed by atoms with E-state index in [2.05, 4.69) is 4.99 Å². The fraction of sp³-hybridized carbons (Fsp3) is 0.857. The van der Waals surface area contributed by atoms with E-state index in [9.17, 15) is 0 Å². The smallest absolute Gasteiger partial charge is 0.183 e. The lowest BCUT2D eigenvalue weighted by Crippen LogP contribution is -2.14. The van der Waals surface area contributed by atoms with Crippen molar-refractivity contribution in [3.8, 4) is 0 Å². The average molecular weight is 142 g/mol. The van der Waals surface area contributed by atoms with E-state index in [0.29, 0.717) is 0 Å². The zero-order valence-corrected chi connectivity index (χ0v) is 6.18. The molecule has 0 aliphatic carbocycles. The van der Waals surface area contributed by atoms with Gasteiger partial charge in [0.05, 0.1) is 6.61 Å². The Balaban J connectivity index is 2.18. The van der Waals surface area contributed by atoms with Gasteiger partial charge in [0.15, 0.2) is 5.90 Å². The van der Waals surface area contributed by atoms with Crippen LogP contribution in [0.2, 0.25) is 0 Å². The highest BCUT2D eigenvalue weighted by Gasteiger charge is 2.03. The molecule has 10 heavy (non-hydrogen) atoms. The van der Waals surface area contributed by atoms with E-state index >= 15 is 0 Å². The lowest BCUT2D eigenvalue weighted by atomic mass is 10.3. The Kier molecular flexibility index (Phi) is 3.22. The van der Waals surface area contributed by atoms with Crippen molar-refractivity contribution in [1.29, 1.82) is 0 Å². The maximum absolute atomic E-state index is 5.34. The number of rotatable bonds is 3. The predicted octanol–water partition coefficient (Wildman–Crippen LogP) is 0.544. The third-order valence-electron chi connectivity index (χ3n) is 1.45. The monoisotopic (exact) mass is 142 g/mol. The standard InChI is InChI=1S/C7H14N2O/c8-4-1-3-7-9-5-2-6-10-7/h1-6,8H2. The van der Waals surface area contributed by atoms with E-state index in [4.69, 9.17) is 10.5 Å². The topological polar surface area (TPSA) is 47.6 Å². The van der Waals surface area contributed by atoms with E-state index in [-0.39, 0.29) is 0 Å². The highest BCUT2D eigenvalue weighted by atomic mass is 16.5. The molecule has 1 heterocycles. The maximum atomic E-state index is 5.34. The van der Waals surface area contributed by atoms with E-state index in [1.54, 1.807) is 0 Å². The van der Waals surface area contributed by atoms with Crippen LogP contribution >= 0.6 is 0 Å². The third-order valence-corrected chi connectivity index (χ3v) is 1.45. The summed E-state index contributed by atoms with van der Waals surface area (Å²) >= 11 is 0. The molecule has 0 atom stereocenters. The van der Waals surface area contributed by atoms with Crippen LogP contribution in [0.3, 0.4) is 0 Å². The van der Waals surface area contributed by atoms with Crippen molar-refractivity contribution in [2.75, 3.05) is 19.7 Å². The fourth-order valence-corrected chi connectivity index (χ4v) is 0.908. The van der Waals surface area contributed by atoms with Gasteiger partial charge in [0.1, 0.15) is 0 Å². The van der Waals surface area contributed by atoms with Crippen LogP contribution in [0.25, 0.3) is 0 Å². The van der Waals surface area contributed by atoms with E-state index < -0.39 is 0 Å². The Morgan fingerprint density at radius 2 is 2.50 bits per heavy atom. The van der Waals surface area contributed by atoms with Crippen molar-refractivity contribution in [2.24, 2.45) is 10.7 Å². The fourth-order valence-electron chi connectivity index (χ4n) is 0.908. The molecule has 0 spiro atoms. The first-order valence-electron chi connectivity index (χ1n) is 3.79. The van der Waals surface area contributed by atoms with Crippen molar-refractivity contribution < 1.29 is 4.74 Å². The molecule has 0 radical (unpaired) electrons. The van der Waals surface area contributed by atoms with Crippen LogP contribution < -0.4 is 5.73 Å². The van der Waals surface area contributed by atoms with Crippen molar-refractivity contribution in [1.82, 2.24) is 0 Å². The molecule has 0 bridgehead atoms. The second-order valence-corrected chi connectivity index (χ2v) is 2.37. The van der Waals surface area contributed by atoms with E-state index in [1.165, 1.54) is 0 Å². The van der Waals surface area contributed by atoms with Crippen LogP contribution in [0.1, 0.15) is 19.3 Å². The van der Waals surface area contributed by atoms with Crippen LogP contribution in [0.4, 0.5) is 0 Å². The molecule has 0 saturated carbocycles. The Bertz CT molecular complexity index is 123. The Morgan fingerprint density at radius 3 is 3.10 bits per heavy atom. The second-order valence-electron chi connectivity index (χ2n) is 2.37. The Labute approximate surface area is 61.3 Å². The number of hydrogen-bond acceptors (Lipinski definition) is 3. The SMILES string of the molecule is NCCCC1=NCCCO1. The zero-order valence-electron chi connectivity index (χ0n) is 6.18. The second kappa shape index (κ2) is 4.28. The van der Waals surface area contributed by atoms with Gasteiger partial charge in [-0.1, -0.05) is 0 Å². The van der Waals surface area contributed by atoms with Gasteiger partial charge < -0.3 is 10.5 Å². The van der Waals surface area contributed by atoms with Crippen molar-refractivity contribution in [3.63, 3.8) is 0 Å². The van der Waals surface area contributed by atoms with E-state index in [0.717, 1.165) is 44.9 Å². The molecule has 0 aromatic carbocycles. The lowest BCUT2D eigenvalue weighted by Gasteiger charge is -2.12. The van der Waals surface area contributed by atoms with Gasteiger partial charge in [-0.2, -0.15) is 0 Å². The molecular weight excluding hydrogens is 128 g/mol. The predicted molar refractivity (Wildman–Crippen MR) is 41.2 cm³/mol. The molecule has 3 heteroatoms. The third kappa shape index (κ3) is 2.35. The van der Waals surface area contributed by atoms with Crippen LogP contribution in [-0.2, 0) is 4.74 Å². The van der Waals surface area contributed by atoms with Crippen LogP contribution in [0.5, 0.6) is 0 Å². The molecule has 0 unspecified atom stereocenters. The normalized spacial score (nSPS) is 17.9. The Hall–Kier alpha value is -0.570. The van der Waals surface area contributed by atoms with Crippen molar-refractivity contribution in [2.45, 2.75) is 19.3 Å². The molecular formula is C7H14N2O. The van der Waals surface area contributed by atoms with Crippen molar-refractivity contribution in [3.05, 3.63) is 0 Å². The van der Waals surface area contributed by atoms with Gasteiger partial charge in [-0.05, 0) is 13.0 Å². The minimum absolute atomic E-state index is 0.725. The zero-order chi connectivity index (χ0) is 7.23. The minimum Gasteiger partial charge on any atom is -0.481 e. The Morgan fingerprint density at radius 1 is 1.60 bits per heavy atom. The molecule has 2 N–H and O–H groups in total. The first kappa shape index (κ1) is 7.54. The molecule has 0 amide bonds. The van der Waals surface area contributed by atoms with Gasteiger partial charge in [-0.15, -0.1) is 0 Å². The quantitative estimate of drug-likeness (QED) is 0.625. The van der Waals surface area contributed by atoms with Crippen molar-refractivity contribution >= 4 is 5.90 Å². The summed E-state index contributed by atoms with van der Waals surface area (Å²) in [4.78, 5) is 4.21. The summed E-state index contributed by atoms with van der Waals surface area (Å²) in [6.07, 6.45) is 2.96. The van der Waals surface area contributed by atoms with Gasteiger partial charge in [0.2, 0.25) is 0 Å². The van der Waals surface area contributed by atoms with Crippen LogP contribution in [0, 0.1) is 0 Å². The molecule has 0 saturated heterocycles.